The first-order chi connectivity index (χ1) is 10.3. The minimum absolute atomic E-state index is 0.164. The van der Waals surface area contributed by atoms with E-state index in [0.717, 1.165) is 16.8 Å². The van der Waals surface area contributed by atoms with Crippen molar-refractivity contribution in [3.05, 3.63) is 71.8 Å². The van der Waals surface area contributed by atoms with Crippen molar-refractivity contribution in [1.82, 2.24) is 5.43 Å². The number of nitrogens with zero attached hydrogens (tertiary/aromatic N) is 1. The number of hydrazine groups is 1. The number of hydrogen-bond donors (Lipinski definition) is 2. The van der Waals surface area contributed by atoms with E-state index in [9.17, 15) is 4.79 Å². The van der Waals surface area contributed by atoms with E-state index < -0.39 is 0 Å². The molecule has 5 heteroatoms. The van der Waals surface area contributed by atoms with E-state index in [-0.39, 0.29) is 18.9 Å². The number of amides is 1. The van der Waals surface area contributed by atoms with Gasteiger partial charge in [0.25, 0.3) is 0 Å². The third kappa shape index (κ3) is 4.43. The molecule has 0 fully saturated rings. The largest absolute Gasteiger partial charge is 0.395 e. The second-order valence-electron chi connectivity index (χ2n) is 4.32. The first-order valence-corrected chi connectivity index (χ1v) is 6.61. The van der Waals surface area contributed by atoms with Gasteiger partial charge in [-0.2, -0.15) is 0 Å². The second kappa shape index (κ2) is 7.81. The van der Waals surface area contributed by atoms with Gasteiger partial charge in [0, 0.05) is 11.1 Å². The summed E-state index contributed by atoms with van der Waals surface area (Å²) in [6, 6.07) is 19.5. The molecule has 21 heavy (non-hydrogen) atoms. The summed E-state index contributed by atoms with van der Waals surface area (Å²) in [5.74, 6) is 4.72. The van der Waals surface area contributed by atoms with Gasteiger partial charge < -0.3 is 4.84 Å². The smallest absolute Gasteiger partial charge is 0.237 e. The number of benzene rings is 2. The van der Waals surface area contributed by atoms with Gasteiger partial charge in [-0.3, -0.25) is 10.2 Å². The third-order valence-corrected chi connectivity index (χ3v) is 2.83. The van der Waals surface area contributed by atoms with Crippen LogP contribution in [-0.4, -0.2) is 18.2 Å². The van der Waals surface area contributed by atoms with E-state index in [2.05, 4.69) is 5.16 Å². The summed E-state index contributed by atoms with van der Waals surface area (Å²) in [5.41, 5.74) is 4.68. The van der Waals surface area contributed by atoms with Crippen LogP contribution in [0.3, 0.4) is 0 Å². The molecule has 0 aromatic heterocycles. The first kappa shape index (κ1) is 14.7. The standard InChI is InChI=1S/C16H17N3O2/c17-18-15(20)11-12-21-19-16(13-7-3-1-4-8-13)14-9-5-2-6-10-14/h1-10H,11-12,17H2,(H,18,20). The molecule has 0 radical (unpaired) electrons. The topological polar surface area (TPSA) is 76.7 Å². The zero-order chi connectivity index (χ0) is 14.9. The molecule has 0 heterocycles. The average Bonchev–Trinajstić information content (AvgIpc) is 2.56. The normalized spacial score (nSPS) is 9.76. The van der Waals surface area contributed by atoms with Crippen LogP contribution >= 0.6 is 0 Å². The van der Waals surface area contributed by atoms with Gasteiger partial charge in [-0.05, 0) is 0 Å². The Morgan fingerprint density at radius 1 is 1.00 bits per heavy atom. The highest BCUT2D eigenvalue weighted by molar-refractivity contribution is 6.12. The van der Waals surface area contributed by atoms with Crippen molar-refractivity contribution in [2.24, 2.45) is 11.0 Å². The van der Waals surface area contributed by atoms with Crippen LogP contribution in [0.25, 0.3) is 0 Å². The maximum absolute atomic E-state index is 11.0. The lowest BCUT2D eigenvalue weighted by molar-refractivity contribution is -0.122. The van der Waals surface area contributed by atoms with Crippen molar-refractivity contribution in [3.63, 3.8) is 0 Å². The van der Waals surface area contributed by atoms with E-state index >= 15 is 0 Å². The minimum atomic E-state index is -0.286. The molecule has 3 N–H and O–H groups in total. The molecule has 0 saturated heterocycles. The van der Waals surface area contributed by atoms with Crippen LogP contribution in [0.15, 0.2) is 65.8 Å². The summed E-state index contributed by atoms with van der Waals surface area (Å²) >= 11 is 0. The predicted molar refractivity (Wildman–Crippen MR) is 81.4 cm³/mol. The average molecular weight is 283 g/mol. The van der Waals surface area contributed by atoms with Crippen LogP contribution in [0.1, 0.15) is 17.5 Å². The highest BCUT2D eigenvalue weighted by atomic mass is 16.6. The predicted octanol–water partition coefficient (Wildman–Crippen LogP) is 1.84. The summed E-state index contributed by atoms with van der Waals surface area (Å²) in [5, 5.41) is 4.17. The molecule has 2 rings (SSSR count). The van der Waals surface area contributed by atoms with Crippen LogP contribution in [-0.2, 0) is 9.63 Å². The fraction of sp³-hybridized carbons (Fsp3) is 0.125. The fourth-order valence-electron chi connectivity index (χ4n) is 1.78. The Kier molecular flexibility index (Phi) is 5.49. The molecular formula is C16H17N3O2. The Hall–Kier alpha value is -2.66. The lowest BCUT2D eigenvalue weighted by Crippen LogP contribution is -2.30. The van der Waals surface area contributed by atoms with Crippen molar-refractivity contribution >= 4 is 11.6 Å². The molecule has 0 saturated carbocycles. The lowest BCUT2D eigenvalue weighted by Gasteiger charge is -2.07. The van der Waals surface area contributed by atoms with Gasteiger partial charge in [-0.15, -0.1) is 0 Å². The summed E-state index contributed by atoms with van der Waals surface area (Å²) in [6.45, 7) is 0.173. The van der Waals surface area contributed by atoms with Gasteiger partial charge >= 0.3 is 0 Å². The van der Waals surface area contributed by atoms with Gasteiger partial charge in [0.05, 0.1) is 6.42 Å². The number of hydrogen-bond acceptors (Lipinski definition) is 4. The zero-order valence-corrected chi connectivity index (χ0v) is 11.5. The summed E-state index contributed by atoms with van der Waals surface area (Å²) < 4.78 is 0. The van der Waals surface area contributed by atoms with E-state index in [1.54, 1.807) is 0 Å². The van der Waals surface area contributed by atoms with Gasteiger partial charge in [-0.1, -0.05) is 65.8 Å². The van der Waals surface area contributed by atoms with Crippen molar-refractivity contribution in [2.75, 3.05) is 6.61 Å². The molecule has 0 unspecified atom stereocenters. The van der Waals surface area contributed by atoms with E-state index in [1.807, 2.05) is 66.1 Å². The number of carbonyl (C=O) groups excluding carboxylic acids is 1. The Morgan fingerprint density at radius 2 is 1.52 bits per heavy atom. The number of oxime groups is 1. The zero-order valence-electron chi connectivity index (χ0n) is 11.5. The molecule has 0 spiro atoms. The molecule has 0 bridgehead atoms. The molecule has 0 aliphatic heterocycles. The highest BCUT2D eigenvalue weighted by Crippen LogP contribution is 2.11. The van der Waals surface area contributed by atoms with Crippen molar-refractivity contribution in [2.45, 2.75) is 6.42 Å². The Bertz CT molecular complexity index is 556. The van der Waals surface area contributed by atoms with Gasteiger partial charge in [0.1, 0.15) is 12.3 Å². The molecule has 2 aromatic rings. The van der Waals surface area contributed by atoms with E-state index in [1.165, 1.54) is 0 Å². The number of nitrogens with one attached hydrogen (secondary N) is 1. The van der Waals surface area contributed by atoms with Gasteiger partial charge in [-0.25, -0.2) is 5.84 Å². The van der Waals surface area contributed by atoms with Crippen LogP contribution in [0.4, 0.5) is 0 Å². The van der Waals surface area contributed by atoms with Crippen LogP contribution < -0.4 is 11.3 Å². The number of carbonyl (C=O) groups is 1. The van der Waals surface area contributed by atoms with E-state index in [4.69, 9.17) is 10.7 Å². The Balaban J connectivity index is 2.15. The van der Waals surface area contributed by atoms with Gasteiger partial charge in [0.15, 0.2) is 0 Å². The van der Waals surface area contributed by atoms with Crippen LogP contribution in [0.2, 0.25) is 0 Å². The Labute approximate surface area is 123 Å². The third-order valence-electron chi connectivity index (χ3n) is 2.83. The fourth-order valence-corrected chi connectivity index (χ4v) is 1.78. The molecule has 0 aliphatic rings. The minimum Gasteiger partial charge on any atom is -0.395 e. The lowest BCUT2D eigenvalue weighted by atomic mass is 10.0. The molecule has 108 valence electrons. The number of nitrogens with two attached hydrogens (primary N) is 1. The molecule has 5 nitrogen and oxygen atoms in total. The summed E-state index contributed by atoms with van der Waals surface area (Å²) in [4.78, 5) is 16.3. The first-order valence-electron chi connectivity index (χ1n) is 6.61. The highest BCUT2D eigenvalue weighted by Gasteiger charge is 2.07. The van der Waals surface area contributed by atoms with E-state index in [0.29, 0.717) is 0 Å². The SMILES string of the molecule is NNC(=O)CCON=C(c1ccccc1)c1ccccc1. The molecule has 2 aromatic carbocycles. The van der Waals surface area contributed by atoms with Crippen molar-refractivity contribution in [1.29, 1.82) is 0 Å². The molecule has 0 atom stereocenters. The maximum Gasteiger partial charge on any atom is 0.237 e. The molecule has 0 aliphatic carbocycles. The summed E-state index contributed by atoms with van der Waals surface area (Å²) in [7, 11) is 0. The Morgan fingerprint density at radius 3 is 2.00 bits per heavy atom. The second-order valence-corrected chi connectivity index (χ2v) is 4.32. The number of rotatable bonds is 6. The quantitative estimate of drug-likeness (QED) is 0.279. The van der Waals surface area contributed by atoms with Crippen molar-refractivity contribution < 1.29 is 9.63 Å². The monoisotopic (exact) mass is 283 g/mol. The van der Waals surface area contributed by atoms with Gasteiger partial charge in [0.2, 0.25) is 5.91 Å². The summed E-state index contributed by atoms with van der Waals surface area (Å²) in [6.07, 6.45) is 0.164. The van der Waals surface area contributed by atoms with Crippen LogP contribution in [0.5, 0.6) is 0 Å². The van der Waals surface area contributed by atoms with Crippen molar-refractivity contribution in [3.8, 4) is 0 Å². The molecular weight excluding hydrogens is 266 g/mol. The molecule has 1 amide bonds. The van der Waals surface area contributed by atoms with Crippen LogP contribution in [0, 0.1) is 0 Å². The maximum atomic E-state index is 11.0.